The number of carboxylic acids is 1. The summed E-state index contributed by atoms with van der Waals surface area (Å²) in [5.41, 5.74) is 0.673. The number of piperidine rings is 1. The Kier molecular flexibility index (Phi) is 8.19. The molecular weight excluding hydrogens is 308 g/mol. The molecule has 3 nitrogen and oxygen atoms in total. The van der Waals surface area contributed by atoms with Crippen LogP contribution in [0.5, 0.6) is 0 Å². The zero-order valence-electron chi connectivity index (χ0n) is 11.5. The largest absolute Gasteiger partial charge is 1.00 e. The van der Waals surface area contributed by atoms with Gasteiger partial charge in [0.1, 0.15) is 6.17 Å². The molecule has 1 aliphatic heterocycles. The first kappa shape index (κ1) is 18.6. The van der Waals surface area contributed by atoms with Gasteiger partial charge in [-0.3, -0.25) is 0 Å². The van der Waals surface area contributed by atoms with Crippen molar-refractivity contribution >= 4 is 17.6 Å². The van der Waals surface area contributed by atoms with Crippen LogP contribution < -0.4 is 56.5 Å². The fourth-order valence-corrected chi connectivity index (χ4v) is 2.48. The molecule has 0 bridgehead atoms. The Morgan fingerprint density at radius 3 is 2.40 bits per heavy atom. The first-order chi connectivity index (χ1) is 9.06. The molecule has 1 unspecified atom stereocenters. The van der Waals surface area contributed by atoms with Gasteiger partial charge < -0.3 is 14.8 Å². The summed E-state index contributed by atoms with van der Waals surface area (Å²) < 4.78 is 13.1. The zero-order chi connectivity index (χ0) is 13.8. The molecule has 0 N–H and O–H groups in total. The van der Waals surface area contributed by atoms with Crippen LogP contribution in [0.15, 0.2) is 24.3 Å². The second-order valence-electron chi connectivity index (χ2n) is 4.90. The number of hydrogen-bond donors (Lipinski definition) is 0. The third-order valence-electron chi connectivity index (χ3n) is 3.51. The molecule has 0 radical (unpaired) electrons. The second kappa shape index (κ2) is 8.83. The molecule has 104 valence electrons. The number of rotatable bonds is 4. The van der Waals surface area contributed by atoms with Crippen molar-refractivity contribution in [2.75, 3.05) is 19.6 Å². The van der Waals surface area contributed by atoms with Crippen LogP contribution in [0.2, 0.25) is 5.02 Å². The van der Waals surface area contributed by atoms with E-state index < -0.39 is 18.1 Å². The van der Waals surface area contributed by atoms with Gasteiger partial charge in [-0.25, -0.2) is 4.39 Å². The van der Waals surface area contributed by atoms with Gasteiger partial charge in [0.25, 0.3) is 0 Å². The van der Waals surface area contributed by atoms with Crippen LogP contribution in [0.4, 0.5) is 4.39 Å². The topological polar surface area (TPSA) is 43.4 Å². The van der Waals surface area contributed by atoms with Crippen LogP contribution in [0, 0.1) is 0 Å². The molecule has 1 heterocycles. The number of halogens is 2. The Morgan fingerprint density at radius 1 is 1.35 bits per heavy atom. The minimum atomic E-state index is -1.11. The summed E-state index contributed by atoms with van der Waals surface area (Å²) in [5, 5.41) is 11.8. The molecule has 1 atom stereocenters. The first-order valence-electron chi connectivity index (χ1n) is 6.39. The molecule has 2 rings (SSSR count). The van der Waals surface area contributed by atoms with Crippen LogP contribution in [-0.4, -0.2) is 36.7 Å². The quantitative estimate of drug-likeness (QED) is 0.641. The number of alkyl halides is 1. The maximum atomic E-state index is 13.1. The van der Waals surface area contributed by atoms with Crippen molar-refractivity contribution < 1.29 is 65.7 Å². The number of nitrogens with zero attached hydrogens (tertiary/aromatic N) is 1. The summed E-state index contributed by atoms with van der Waals surface area (Å²) >= 11 is 5.79. The Morgan fingerprint density at radius 2 is 1.90 bits per heavy atom. The fraction of sp³-hybridized carbons (Fsp3) is 0.500. The standard InChI is InChI=1S/C14H17ClFNO2.K/c15-11-3-1-10(2-4-11)13(14(18)19)9-17-7-5-12(16)6-8-17;/h1-4,12-13H,5-9H2,(H,18,19);/q;+1/p-1. The van der Waals surface area contributed by atoms with Gasteiger partial charge in [-0.05, 0) is 30.5 Å². The Bertz CT molecular complexity index is 435. The van der Waals surface area contributed by atoms with Gasteiger partial charge in [0.2, 0.25) is 0 Å². The van der Waals surface area contributed by atoms with E-state index in [0.29, 0.717) is 43.1 Å². The third-order valence-corrected chi connectivity index (χ3v) is 3.77. The van der Waals surface area contributed by atoms with Crippen LogP contribution >= 0.6 is 11.6 Å². The average molecular weight is 324 g/mol. The molecule has 0 aromatic heterocycles. The van der Waals surface area contributed by atoms with Crippen molar-refractivity contribution in [2.45, 2.75) is 24.9 Å². The van der Waals surface area contributed by atoms with Gasteiger partial charge in [-0.15, -0.1) is 0 Å². The van der Waals surface area contributed by atoms with Crippen LogP contribution in [0.25, 0.3) is 0 Å². The molecule has 0 aliphatic carbocycles. The summed E-state index contributed by atoms with van der Waals surface area (Å²) in [6, 6.07) is 6.73. The average Bonchev–Trinajstić information content (AvgIpc) is 2.39. The van der Waals surface area contributed by atoms with E-state index in [1.54, 1.807) is 24.3 Å². The zero-order valence-corrected chi connectivity index (χ0v) is 15.4. The molecule has 1 saturated heterocycles. The number of benzene rings is 1. The summed E-state index contributed by atoms with van der Waals surface area (Å²) in [5.74, 6) is -1.81. The molecule has 1 fully saturated rings. The number of carbonyl (C=O) groups excluding carboxylic acids is 1. The van der Waals surface area contributed by atoms with E-state index in [0.717, 1.165) is 0 Å². The minimum absolute atomic E-state index is 0. The normalized spacial score (nSPS) is 18.3. The first-order valence-corrected chi connectivity index (χ1v) is 6.77. The van der Waals surface area contributed by atoms with Gasteiger partial charge in [0.05, 0.1) is 5.97 Å². The molecule has 20 heavy (non-hydrogen) atoms. The van der Waals surface area contributed by atoms with Crippen molar-refractivity contribution in [1.29, 1.82) is 0 Å². The minimum Gasteiger partial charge on any atom is -0.549 e. The van der Waals surface area contributed by atoms with Gasteiger partial charge in [-0.1, -0.05) is 23.7 Å². The maximum Gasteiger partial charge on any atom is 1.00 e. The van der Waals surface area contributed by atoms with Crippen LogP contribution in [0.3, 0.4) is 0 Å². The Labute approximate surface area is 165 Å². The van der Waals surface area contributed by atoms with Crippen molar-refractivity contribution in [1.82, 2.24) is 4.90 Å². The van der Waals surface area contributed by atoms with Crippen LogP contribution in [-0.2, 0) is 4.79 Å². The van der Waals surface area contributed by atoms with Crippen LogP contribution in [0.1, 0.15) is 24.3 Å². The third kappa shape index (κ3) is 5.37. The fourth-order valence-electron chi connectivity index (χ4n) is 2.35. The van der Waals surface area contributed by atoms with E-state index in [9.17, 15) is 14.3 Å². The number of carbonyl (C=O) groups is 1. The van der Waals surface area contributed by atoms with Crippen molar-refractivity contribution in [3.05, 3.63) is 34.9 Å². The monoisotopic (exact) mass is 323 g/mol. The maximum absolute atomic E-state index is 13.1. The van der Waals surface area contributed by atoms with Crippen molar-refractivity contribution in [2.24, 2.45) is 0 Å². The predicted octanol–water partition coefficient (Wildman–Crippen LogP) is -1.39. The van der Waals surface area contributed by atoms with E-state index in [1.165, 1.54) is 0 Å². The second-order valence-corrected chi connectivity index (χ2v) is 5.33. The van der Waals surface area contributed by atoms with E-state index in [2.05, 4.69) is 0 Å². The number of carboxylic acid groups (broad SMARTS) is 1. The van der Waals surface area contributed by atoms with Gasteiger partial charge in [0.15, 0.2) is 0 Å². The van der Waals surface area contributed by atoms with E-state index in [1.807, 2.05) is 4.90 Å². The molecule has 0 spiro atoms. The van der Waals surface area contributed by atoms with Gasteiger partial charge in [0, 0.05) is 30.6 Å². The molecule has 0 saturated carbocycles. The van der Waals surface area contributed by atoms with E-state index >= 15 is 0 Å². The smallest absolute Gasteiger partial charge is 0.549 e. The van der Waals surface area contributed by atoms with Gasteiger partial charge in [-0.2, -0.15) is 0 Å². The SMILES string of the molecule is O=C([O-])C(CN1CCC(F)CC1)c1ccc(Cl)cc1.[K+]. The van der Waals surface area contributed by atoms with Crippen molar-refractivity contribution in [3.63, 3.8) is 0 Å². The number of likely N-dealkylation sites (tertiary alicyclic amines) is 1. The molecule has 1 aliphatic rings. The molecule has 6 heteroatoms. The van der Waals surface area contributed by atoms with Crippen molar-refractivity contribution in [3.8, 4) is 0 Å². The van der Waals surface area contributed by atoms with E-state index in [-0.39, 0.29) is 51.4 Å². The van der Waals surface area contributed by atoms with Gasteiger partial charge >= 0.3 is 51.4 Å². The van der Waals surface area contributed by atoms with E-state index in [4.69, 9.17) is 11.6 Å². The summed E-state index contributed by atoms with van der Waals surface area (Å²) in [7, 11) is 0. The predicted molar refractivity (Wildman–Crippen MR) is 69.8 cm³/mol. The summed E-state index contributed by atoms with van der Waals surface area (Å²) in [6.45, 7) is 1.55. The molecule has 1 aromatic carbocycles. The number of aliphatic carboxylic acids is 1. The summed E-state index contributed by atoms with van der Waals surface area (Å²) in [6.07, 6.45) is 0.189. The molecule has 1 aromatic rings. The molecule has 0 amide bonds. The number of hydrogen-bond acceptors (Lipinski definition) is 3. The molecular formula is C14H16ClFKNO2. The Balaban J connectivity index is 0.00000200. The summed E-state index contributed by atoms with van der Waals surface area (Å²) in [4.78, 5) is 13.3. The Hall–Kier alpha value is 0.506.